The Labute approximate surface area is 138 Å². The van der Waals surface area contributed by atoms with Crippen LogP contribution in [0.15, 0.2) is 18.5 Å². The van der Waals surface area contributed by atoms with Gasteiger partial charge < -0.3 is 15.0 Å². The molecule has 2 N–H and O–H groups in total. The lowest BCUT2D eigenvalue weighted by Gasteiger charge is -2.36. The number of carboxylic acids is 1. The molecule has 1 fully saturated rings. The Morgan fingerprint density at radius 2 is 2.13 bits per heavy atom. The summed E-state index contributed by atoms with van der Waals surface area (Å²) in [6, 6.07) is 2.35. The third-order valence-corrected chi connectivity index (χ3v) is 4.21. The van der Waals surface area contributed by atoms with Crippen molar-refractivity contribution in [1.29, 1.82) is 0 Å². The summed E-state index contributed by atoms with van der Waals surface area (Å²) in [6.45, 7) is 2.01. The van der Waals surface area contributed by atoms with Crippen molar-refractivity contribution < 1.29 is 19.1 Å². The van der Waals surface area contributed by atoms with Crippen LogP contribution in [-0.4, -0.2) is 44.4 Å². The van der Waals surface area contributed by atoms with Crippen LogP contribution >= 0.6 is 12.4 Å². The van der Waals surface area contributed by atoms with Crippen molar-refractivity contribution in [2.24, 2.45) is 5.92 Å². The molecule has 2 aromatic rings. The molecule has 1 aliphatic rings. The highest BCUT2D eigenvalue weighted by atomic mass is 35.5. The summed E-state index contributed by atoms with van der Waals surface area (Å²) < 4.78 is 13.7. The van der Waals surface area contributed by atoms with Gasteiger partial charge in [0, 0.05) is 12.6 Å². The Balaban J connectivity index is 0.00000192. The number of piperidine rings is 1. The minimum Gasteiger partial charge on any atom is -0.481 e. The molecule has 1 aliphatic heterocycles. The second-order valence-corrected chi connectivity index (χ2v) is 5.67. The van der Waals surface area contributed by atoms with Crippen LogP contribution in [0.3, 0.4) is 0 Å². The molecule has 23 heavy (non-hydrogen) atoms. The molecule has 0 bridgehead atoms. The van der Waals surface area contributed by atoms with Crippen LogP contribution < -0.4 is 0 Å². The van der Waals surface area contributed by atoms with Crippen molar-refractivity contribution in [3.63, 3.8) is 0 Å². The second-order valence-electron chi connectivity index (χ2n) is 5.67. The predicted octanol–water partition coefficient (Wildman–Crippen LogP) is 2.45. The summed E-state index contributed by atoms with van der Waals surface area (Å²) in [7, 11) is 0. The number of benzene rings is 1. The van der Waals surface area contributed by atoms with Crippen LogP contribution in [-0.2, 0) is 4.79 Å². The maximum Gasteiger partial charge on any atom is 0.308 e. The van der Waals surface area contributed by atoms with Gasteiger partial charge in [-0.15, -0.1) is 12.4 Å². The van der Waals surface area contributed by atoms with Gasteiger partial charge in [0.15, 0.2) is 0 Å². The molecule has 3 rings (SSSR count). The molecule has 1 aromatic heterocycles. The molecule has 1 aromatic carbocycles. The van der Waals surface area contributed by atoms with Crippen LogP contribution in [0, 0.1) is 11.7 Å². The van der Waals surface area contributed by atoms with E-state index in [2.05, 4.69) is 9.97 Å². The van der Waals surface area contributed by atoms with Gasteiger partial charge in [0.25, 0.3) is 5.91 Å². The predicted molar refractivity (Wildman–Crippen MR) is 84.2 cm³/mol. The number of aromatic nitrogens is 2. The normalized spacial score (nSPS) is 21.0. The summed E-state index contributed by atoms with van der Waals surface area (Å²) in [5.41, 5.74) is 1.01. The number of aliphatic carboxylic acids is 1. The summed E-state index contributed by atoms with van der Waals surface area (Å²) in [5, 5.41) is 9.16. The molecule has 0 radical (unpaired) electrons. The van der Waals surface area contributed by atoms with Crippen molar-refractivity contribution in [2.75, 3.05) is 6.54 Å². The van der Waals surface area contributed by atoms with Gasteiger partial charge >= 0.3 is 5.97 Å². The Kier molecular flexibility index (Phi) is 4.89. The van der Waals surface area contributed by atoms with Crippen LogP contribution in [0.4, 0.5) is 4.39 Å². The largest absolute Gasteiger partial charge is 0.481 e. The molecule has 1 saturated heterocycles. The zero-order valence-electron chi connectivity index (χ0n) is 12.5. The van der Waals surface area contributed by atoms with E-state index in [4.69, 9.17) is 5.11 Å². The van der Waals surface area contributed by atoms with Crippen LogP contribution in [0.1, 0.15) is 30.1 Å². The third kappa shape index (κ3) is 3.14. The van der Waals surface area contributed by atoms with Crippen LogP contribution in [0.5, 0.6) is 0 Å². The smallest absolute Gasteiger partial charge is 0.308 e. The minimum atomic E-state index is -0.908. The van der Waals surface area contributed by atoms with E-state index < -0.39 is 17.7 Å². The quantitative estimate of drug-likeness (QED) is 0.878. The molecule has 0 spiro atoms. The summed E-state index contributed by atoms with van der Waals surface area (Å²) in [6.07, 6.45) is 2.56. The van der Waals surface area contributed by atoms with E-state index in [1.165, 1.54) is 17.3 Å². The zero-order chi connectivity index (χ0) is 15.9. The van der Waals surface area contributed by atoms with Crippen molar-refractivity contribution in [1.82, 2.24) is 14.9 Å². The number of nitrogens with zero attached hydrogens (tertiary/aromatic N) is 2. The fourth-order valence-electron chi connectivity index (χ4n) is 2.92. The maximum atomic E-state index is 13.7. The Morgan fingerprint density at radius 1 is 1.39 bits per heavy atom. The lowest BCUT2D eigenvalue weighted by Crippen LogP contribution is -2.47. The van der Waals surface area contributed by atoms with E-state index in [9.17, 15) is 14.0 Å². The fraction of sp³-hybridized carbons (Fsp3) is 0.400. The number of amides is 1. The number of halogens is 2. The topological polar surface area (TPSA) is 86.3 Å². The van der Waals surface area contributed by atoms with E-state index in [-0.39, 0.29) is 36.5 Å². The molecule has 2 unspecified atom stereocenters. The number of nitrogens with one attached hydrogen (secondary N) is 1. The van der Waals surface area contributed by atoms with Gasteiger partial charge in [-0.2, -0.15) is 0 Å². The van der Waals surface area contributed by atoms with Gasteiger partial charge in [-0.05, 0) is 31.9 Å². The van der Waals surface area contributed by atoms with Gasteiger partial charge in [0.2, 0.25) is 0 Å². The molecule has 0 aliphatic carbocycles. The van der Waals surface area contributed by atoms with Crippen LogP contribution in [0.25, 0.3) is 11.0 Å². The number of imidazole rings is 1. The first-order chi connectivity index (χ1) is 10.5. The minimum absolute atomic E-state index is 0. The summed E-state index contributed by atoms with van der Waals surface area (Å²) >= 11 is 0. The Bertz CT molecular complexity index is 749. The molecular weight excluding hydrogens is 325 g/mol. The van der Waals surface area contributed by atoms with Gasteiger partial charge in [0.05, 0.1) is 23.3 Å². The molecule has 8 heteroatoms. The van der Waals surface area contributed by atoms with Crippen molar-refractivity contribution in [2.45, 2.75) is 25.8 Å². The van der Waals surface area contributed by atoms with E-state index in [0.717, 1.165) is 6.07 Å². The Hall–Kier alpha value is -2.15. The van der Waals surface area contributed by atoms with Gasteiger partial charge in [0.1, 0.15) is 11.3 Å². The van der Waals surface area contributed by atoms with E-state index in [1.807, 2.05) is 6.92 Å². The number of carbonyl (C=O) groups is 2. The number of hydrogen-bond acceptors (Lipinski definition) is 3. The maximum absolute atomic E-state index is 13.7. The highest BCUT2D eigenvalue weighted by Crippen LogP contribution is 2.26. The molecule has 2 atom stereocenters. The number of rotatable bonds is 2. The zero-order valence-corrected chi connectivity index (χ0v) is 13.3. The van der Waals surface area contributed by atoms with Crippen molar-refractivity contribution in [3.8, 4) is 0 Å². The van der Waals surface area contributed by atoms with Crippen molar-refractivity contribution >= 4 is 35.3 Å². The number of carbonyl (C=O) groups excluding carboxylic acids is 1. The van der Waals surface area contributed by atoms with E-state index in [1.54, 1.807) is 0 Å². The number of hydrogen-bond donors (Lipinski definition) is 2. The molecule has 0 saturated carbocycles. The fourth-order valence-corrected chi connectivity index (χ4v) is 2.92. The van der Waals surface area contributed by atoms with Gasteiger partial charge in [-0.1, -0.05) is 0 Å². The first kappa shape index (κ1) is 17.2. The highest BCUT2D eigenvalue weighted by molar-refractivity contribution is 6.05. The molecule has 6 nitrogen and oxygen atoms in total. The first-order valence-corrected chi connectivity index (χ1v) is 7.13. The molecule has 124 valence electrons. The molecule has 2 heterocycles. The lowest BCUT2D eigenvalue weighted by molar-refractivity contribution is -0.143. The van der Waals surface area contributed by atoms with Gasteiger partial charge in [-0.3, -0.25) is 9.59 Å². The average molecular weight is 342 g/mol. The highest BCUT2D eigenvalue weighted by Gasteiger charge is 2.33. The summed E-state index contributed by atoms with van der Waals surface area (Å²) in [4.78, 5) is 32.3. The molecular formula is C15H17ClFN3O3. The van der Waals surface area contributed by atoms with E-state index >= 15 is 0 Å². The number of likely N-dealkylation sites (tertiary alicyclic amines) is 1. The van der Waals surface area contributed by atoms with Crippen molar-refractivity contribution in [3.05, 3.63) is 29.8 Å². The number of aromatic amines is 1. The number of H-pyrrole nitrogens is 1. The lowest BCUT2D eigenvalue weighted by atomic mass is 9.93. The van der Waals surface area contributed by atoms with Gasteiger partial charge in [-0.25, -0.2) is 9.37 Å². The van der Waals surface area contributed by atoms with E-state index in [0.29, 0.717) is 23.9 Å². The first-order valence-electron chi connectivity index (χ1n) is 7.13. The average Bonchev–Trinajstić information content (AvgIpc) is 2.94. The molecule has 1 amide bonds. The summed E-state index contributed by atoms with van der Waals surface area (Å²) in [5.74, 6) is -2.40. The third-order valence-electron chi connectivity index (χ3n) is 4.21. The Morgan fingerprint density at radius 3 is 2.83 bits per heavy atom. The number of carboxylic acid groups (broad SMARTS) is 1. The standard InChI is InChI=1S/C15H16FN3O3.ClH/c1-8-2-3-9(15(21)22)6-19(8)14(20)11-4-10(16)5-12-13(11)18-7-17-12;/h4-5,7-9H,2-3,6H2,1H3,(H,17,18)(H,21,22);1H. The second kappa shape index (κ2) is 6.54. The SMILES string of the molecule is CC1CCC(C(=O)O)CN1C(=O)c1cc(F)cc2[nH]cnc12.Cl. The monoisotopic (exact) mass is 341 g/mol. The number of fused-ring (bicyclic) bond motifs is 1. The van der Waals surface area contributed by atoms with Crippen LogP contribution in [0.2, 0.25) is 0 Å².